The molecule has 3 heterocycles. The third-order valence-electron chi connectivity index (χ3n) is 7.01. The number of hydrogen-bond acceptors (Lipinski definition) is 6. The van der Waals surface area contributed by atoms with E-state index in [1.165, 1.54) is 6.20 Å². The molecule has 5 rings (SSSR count). The van der Waals surface area contributed by atoms with E-state index < -0.39 is 0 Å². The molecule has 3 aliphatic rings. The van der Waals surface area contributed by atoms with Crippen LogP contribution in [0.3, 0.4) is 0 Å². The Morgan fingerprint density at radius 3 is 2.81 bits per heavy atom. The van der Waals surface area contributed by atoms with Crippen LogP contribution in [-0.4, -0.2) is 65.0 Å². The number of carbonyl (C=O) groups is 3. The summed E-state index contributed by atoms with van der Waals surface area (Å²) in [6.45, 7) is 2.40. The summed E-state index contributed by atoms with van der Waals surface area (Å²) in [7, 11) is 0. The maximum atomic E-state index is 13.6. The number of benzene rings is 1. The number of nitrogens with zero attached hydrogens (tertiary/aromatic N) is 3. The minimum absolute atomic E-state index is 0.0164. The highest BCUT2D eigenvalue weighted by atomic mass is 16.5. The fraction of sp³-hybridized carbons (Fsp3) is 0.458. The molecule has 166 valence electrons. The van der Waals surface area contributed by atoms with Gasteiger partial charge in [-0.1, -0.05) is 6.07 Å². The van der Waals surface area contributed by atoms with Crippen molar-refractivity contribution in [1.29, 1.82) is 0 Å². The van der Waals surface area contributed by atoms with Crippen LogP contribution in [0.1, 0.15) is 62.5 Å². The average Bonchev–Trinajstić information content (AvgIpc) is 3.38. The van der Waals surface area contributed by atoms with Gasteiger partial charge in [-0.15, -0.1) is 5.10 Å². The molecule has 1 N–H and O–H groups in total. The smallest absolute Gasteiger partial charge is 0.271 e. The summed E-state index contributed by atoms with van der Waals surface area (Å²) in [6, 6.07) is 8.58. The molecule has 32 heavy (non-hydrogen) atoms. The number of fused-ring (bicyclic) bond motifs is 1. The quantitative estimate of drug-likeness (QED) is 0.790. The van der Waals surface area contributed by atoms with Gasteiger partial charge in [-0.3, -0.25) is 14.4 Å². The molecule has 1 aliphatic carbocycles. The van der Waals surface area contributed by atoms with Gasteiger partial charge in [0.05, 0.1) is 0 Å². The number of aromatic nitrogens is 2. The van der Waals surface area contributed by atoms with Crippen LogP contribution in [0.25, 0.3) is 0 Å². The van der Waals surface area contributed by atoms with E-state index in [4.69, 9.17) is 4.74 Å². The van der Waals surface area contributed by atoms with Crippen molar-refractivity contribution < 1.29 is 19.1 Å². The summed E-state index contributed by atoms with van der Waals surface area (Å²) in [4.78, 5) is 39.9. The predicted molar refractivity (Wildman–Crippen MR) is 115 cm³/mol. The number of ketones is 1. The van der Waals surface area contributed by atoms with E-state index in [9.17, 15) is 14.4 Å². The van der Waals surface area contributed by atoms with Crippen molar-refractivity contribution in [3.8, 4) is 0 Å². The number of nitrogens with one attached hydrogen (secondary N) is 1. The highest BCUT2D eigenvalue weighted by molar-refractivity contribution is 6.02. The molecule has 1 unspecified atom stereocenters. The zero-order valence-electron chi connectivity index (χ0n) is 17.9. The van der Waals surface area contributed by atoms with Crippen molar-refractivity contribution >= 4 is 17.6 Å². The molecule has 2 aromatic rings. The second kappa shape index (κ2) is 8.43. The summed E-state index contributed by atoms with van der Waals surface area (Å²) in [6.07, 6.45) is 5.36. The Morgan fingerprint density at radius 1 is 1.19 bits per heavy atom. The molecule has 0 saturated carbocycles. The van der Waals surface area contributed by atoms with E-state index in [0.717, 1.165) is 30.4 Å². The van der Waals surface area contributed by atoms with Gasteiger partial charge in [0, 0.05) is 56.1 Å². The number of rotatable bonds is 4. The first-order valence-corrected chi connectivity index (χ1v) is 11.2. The number of aryl methyl sites for hydroxylation is 1. The lowest BCUT2D eigenvalue weighted by molar-refractivity contribution is 0.0190. The van der Waals surface area contributed by atoms with Gasteiger partial charge >= 0.3 is 0 Å². The van der Waals surface area contributed by atoms with Gasteiger partial charge in [-0.2, -0.15) is 5.10 Å². The third-order valence-corrected chi connectivity index (χ3v) is 7.01. The van der Waals surface area contributed by atoms with Crippen LogP contribution in [0, 0.1) is 5.41 Å². The molecule has 1 aromatic heterocycles. The number of carbonyl (C=O) groups excluding carboxylic acids is 3. The van der Waals surface area contributed by atoms with E-state index in [1.807, 2.05) is 11.0 Å². The van der Waals surface area contributed by atoms with E-state index in [2.05, 4.69) is 15.5 Å². The third kappa shape index (κ3) is 3.90. The Balaban J connectivity index is 1.36. The maximum absolute atomic E-state index is 13.6. The van der Waals surface area contributed by atoms with E-state index >= 15 is 0 Å². The number of Topliss-reactive ketones (excluding diaryl/α,β-unsaturated/α-hetero) is 1. The van der Waals surface area contributed by atoms with Gasteiger partial charge in [0.15, 0.2) is 11.5 Å². The minimum Gasteiger partial charge on any atom is -0.381 e. The Morgan fingerprint density at radius 2 is 2.03 bits per heavy atom. The standard InChI is InChI=1S/C24H26N4O4/c29-21-6-4-16-12-17(3-5-19(16)21)23(31)28-15-24(7-10-32-11-8-24)13-18(28)14-25-22(30)20-2-1-9-26-27-20/h1-3,5,9,12,18H,4,6-8,10-11,13-15H2,(H,25,30). The monoisotopic (exact) mass is 434 g/mol. The zero-order chi connectivity index (χ0) is 22.1. The van der Waals surface area contributed by atoms with Crippen molar-refractivity contribution in [1.82, 2.24) is 20.4 Å². The second-order valence-corrected chi connectivity index (χ2v) is 9.02. The summed E-state index contributed by atoms with van der Waals surface area (Å²) >= 11 is 0. The fourth-order valence-corrected chi connectivity index (χ4v) is 5.23. The second-order valence-electron chi connectivity index (χ2n) is 9.02. The number of hydrogen-bond donors (Lipinski definition) is 1. The van der Waals surface area contributed by atoms with Crippen molar-refractivity contribution in [2.45, 2.75) is 38.1 Å². The molecule has 2 amide bonds. The van der Waals surface area contributed by atoms with Crippen LogP contribution in [0.5, 0.6) is 0 Å². The SMILES string of the molecule is O=C(NCC1CC2(CCOCC2)CN1C(=O)c1ccc2c(c1)CCC2=O)c1cccnn1. The van der Waals surface area contributed by atoms with Crippen LogP contribution in [-0.2, 0) is 11.2 Å². The van der Waals surface area contributed by atoms with Crippen LogP contribution < -0.4 is 5.32 Å². The first-order chi connectivity index (χ1) is 15.5. The average molecular weight is 434 g/mol. The van der Waals surface area contributed by atoms with Crippen molar-refractivity contribution in [2.75, 3.05) is 26.3 Å². The molecule has 0 radical (unpaired) electrons. The van der Waals surface area contributed by atoms with Crippen LogP contribution >= 0.6 is 0 Å². The molecule has 2 fully saturated rings. The van der Waals surface area contributed by atoms with Gasteiger partial charge in [-0.25, -0.2) is 0 Å². The van der Waals surface area contributed by atoms with Crippen LogP contribution in [0.15, 0.2) is 36.5 Å². The molecule has 1 aromatic carbocycles. The first kappa shape index (κ1) is 20.8. The number of ether oxygens (including phenoxy) is 1. The van der Waals surface area contributed by atoms with Gasteiger partial charge < -0.3 is 15.0 Å². The summed E-state index contributed by atoms with van der Waals surface area (Å²) in [5.74, 6) is -0.199. The molecule has 2 saturated heterocycles. The topological polar surface area (TPSA) is 101 Å². The van der Waals surface area contributed by atoms with Gasteiger partial charge in [-0.05, 0) is 60.9 Å². The van der Waals surface area contributed by atoms with Crippen molar-refractivity contribution in [3.63, 3.8) is 0 Å². The van der Waals surface area contributed by atoms with Gasteiger partial charge in [0.25, 0.3) is 11.8 Å². The minimum atomic E-state index is -0.297. The maximum Gasteiger partial charge on any atom is 0.271 e. The normalized spacial score (nSPS) is 21.6. The van der Waals surface area contributed by atoms with Crippen LogP contribution in [0.4, 0.5) is 0 Å². The Kier molecular flexibility index (Phi) is 5.46. The molecule has 0 bridgehead atoms. The lowest BCUT2D eigenvalue weighted by Crippen LogP contribution is -2.43. The molecule has 2 aliphatic heterocycles. The van der Waals surface area contributed by atoms with E-state index in [-0.39, 0.29) is 34.7 Å². The summed E-state index contributed by atoms with van der Waals surface area (Å²) in [5, 5.41) is 10.6. The summed E-state index contributed by atoms with van der Waals surface area (Å²) < 4.78 is 5.57. The van der Waals surface area contributed by atoms with Crippen LogP contribution in [0.2, 0.25) is 0 Å². The lowest BCUT2D eigenvalue weighted by Gasteiger charge is -2.33. The van der Waals surface area contributed by atoms with Crippen molar-refractivity contribution in [2.24, 2.45) is 5.41 Å². The molecule has 1 atom stereocenters. The predicted octanol–water partition coefficient (Wildman–Crippen LogP) is 2.05. The highest BCUT2D eigenvalue weighted by Gasteiger charge is 2.46. The fourth-order valence-electron chi connectivity index (χ4n) is 5.23. The molecule has 8 heteroatoms. The molecule has 8 nitrogen and oxygen atoms in total. The molecular formula is C24H26N4O4. The van der Waals surface area contributed by atoms with E-state index in [1.54, 1.807) is 24.3 Å². The van der Waals surface area contributed by atoms with E-state index in [0.29, 0.717) is 44.7 Å². The van der Waals surface area contributed by atoms with Gasteiger partial charge in [0.1, 0.15) is 0 Å². The number of likely N-dealkylation sites (tertiary alicyclic amines) is 1. The summed E-state index contributed by atoms with van der Waals surface area (Å²) in [5.41, 5.74) is 2.56. The molecular weight excluding hydrogens is 408 g/mol. The largest absolute Gasteiger partial charge is 0.381 e. The Bertz CT molecular complexity index is 1050. The Labute approximate surface area is 186 Å². The number of amides is 2. The van der Waals surface area contributed by atoms with Crippen molar-refractivity contribution in [3.05, 3.63) is 58.9 Å². The Hall–Kier alpha value is -3.13. The van der Waals surface area contributed by atoms with Gasteiger partial charge in [0.2, 0.25) is 0 Å². The first-order valence-electron chi connectivity index (χ1n) is 11.2. The zero-order valence-corrected chi connectivity index (χ0v) is 17.9. The lowest BCUT2D eigenvalue weighted by atomic mass is 9.78. The molecule has 1 spiro atoms. The highest BCUT2D eigenvalue weighted by Crippen LogP contribution is 2.43.